The average Bonchev–Trinajstić information content (AvgIpc) is 3.13. The van der Waals surface area contributed by atoms with Crippen LogP contribution in [0.2, 0.25) is 0 Å². The third kappa shape index (κ3) is 3.45. The summed E-state index contributed by atoms with van der Waals surface area (Å²) in [5.41, 5.74) is 13.0. The monoisotopic (exact) mass is 420 g/mol. The number of benzene rings is 4. The van der Waals surface area contributed by atoms with Gasteiger partial charge in [-0.2, -0.15) is 0 Å². The van der Waals surface area contributed by atoms with Crippen molar-refractivity contribution in [3.63, 3.8) is 0 Å². The molecule has 0 unspecified atom stereocenters. The second-order valence-electron chi connectivity index (χ2n) is 7.96. The molecule has 0 spiro atoms. The fraction of sp³-hybridized carbons (Fsp3) is 0.107. The predicted octanol–water partition coefficient (Wildman–Crippen LogP) is 5.76. The highest BCUT2D eigenvalue weighted by Gasteiger charge is 2.18. The van der Waals surface area contributed by atoms with Crippen LogP contribution < -0.4 is 5.73 Å². The topological polar surface area (TPSA) is 57.2 Å². The van der Waals surface area contributed by atoms with Gasteiger partial charge in [0, 0.05) is 35.5 Å². The highest BCUT2D eigenvalue weighted by molar-refractivity contribution is 6.18. The summed E-state index contributed by atoms with van der Waals surface area (Å²) in [6.45, 7) is 1.20. The lowest BCUT2D eigenvalue weighted by molar-refractivity contribution is 0.100. The zero-order chi connectivity index (χ0) is 22.1. The van der Waals surface area contributed by atoms with Gasteiger partial charge in [-0.25, -0.2) is 0 Å². The van der Waals surface area contributed by atoms with Crippen LogP contribution in [0.15, 0.2) is 91.0 Å². The number of amides is 1. The molecular weight excluding hydrogens is 396 g/mol. The van der Waals surface area contributed by atoms with Crippen molar-refractivity contribution < 1.29 is 9.53 Å². The molecule has 5 rings (SSSR count). The summed E-state index contributed by atoms with van der Waals surface area (Å²) in [6.07, 6.45) is 0. The molecule has 4 nitrogen and oxygen atoms in total. The number of nitrogens with zero attached hydrogens (tertiary/aromatic N) is 1. The molecule has 4 aromatic carbocycles. The molecule has 1 heterocycles. The van der Waals surface area contributed by atoms with Gasteiger partial charge in [-0.15, -0.1) is 0 Å². The molecule has 5 aromatic rings. The van der Waals surface area contributed by atoms with Gasteiger partial charge >= 0.3 is 0 Å². The van der Waals surface area contributed by atoms with E-state index in [0.29, 0.717) is 18.7 Å². The number of primary amides is 1. The van der Waals surface area contributed by atoms with E-state index in [1.165, 1.54) is 16.7 Å². The maximum atomic E-state index is 12.2. The molecule has 0 atom stereocenters. The number of carbonyl (C=O) groups is 1. The molecule has 0 radical (unpaired) electrons. The minimum Gasteiger partial charge on any atom is -0.380 e. The van der Waals surface area contributed by atoms with Crippen LogP contribution in [0, 0.1) is 0 Å². The fourth-order valence-corrected chi connectivity index (χ4v) is 4.55. The van der Waals surface area contributed by atoms with Crippen molar-refractivity contribution in [1.29, 1.82) is 0 Å². The Morgan fingerprint density at radius 1 is 0.875 bits per heavy atom. The summed E-state index contributed by atoms with van der Waals surface area (Å²) >= 11 is 0. The smallest absolute Gasteiger partial charge is 0.249 e. The van der Waals surface area contributed by atoms with Crippen molar-refractivity contribution in [1.82, 2.24) is 4.57 Å². The Morgan fingerprint density at radius 2 is 1.66 bits per heavy atom. The third-order valence-corrected chi connectivity index (χ3v) is 5.96. The Hall–Kier alpha value is -3.89. The first-order valence-corrected chi connectivity index (χ1v) is 10.6. The maximum Gasteiger partial charge on any atom is 0.249 e. The number of carbonyl (C=O) groups excluding carboxylic acids is 1. The average molecular weight is 421 g/mol. The molecule has 4 heteroatoms. The van der Waals surface area contributed by atoms with Crippen LogP contribution in [0.3, 0.4) is 0 Å². The third-order valence-electron chi connectivity index (χ3n) is 5.96. The van der Waals surface area contributed by atoms with Gasteiger partial charge in [0.15, 0.2) is 0 Å². The van der Waals surface area contributed by atoms with Gasteiger partial charge in [0.1, 0.15) is 0 Å². The fourth-order valence-electron chi connectivity index (χ4n) is 4.55. The lowest BCUT2D eigenvalue weighted by atomic mass is 9.99. The van der Waals surface area contributed by atoms with E-state index in [0.717, 1.165) is 27.4 Å². The molecule has 0 aliphatic carbocycles. The number of ether oxygens (including phenoxy) is 1. The van der Waals surface area contributed by atoms with E-state index >= 15 is 0 Å². The largest absolute Gasteiger partial charge is 0.380 e. The standard InChI is InChI=1S/C28H24N2O2/c1-32-18-19-14-15-23-26(16-19)30(25-13-7-12-24(27(23)25)28(29)31)17-21-10-5-6-11-22(21)20-8-3-2-4-9-20/h2-16H,17-18H2,1H3,(H2,29,31). The highest BCUT2D eigenvalue weighted by atomic mass is 16.5. The minimum absolute atomic E-state index is 0.416. The molecule has 158 valence electrons. The number of nitrogens with two attached hydrogens (primary N) is 1. The van der Waals surface area contributed by atoms with E-state index in [2.05, 4.69) is 71.3 Å². The summed E-state index contributed by atoms with van der Waals surface area (Å²) in [5, 5.41) is 1.92. The summed E-state index contributed by atoms with van der Waals surface area (Å²) in [4.78, 5) is 12.2. The zero-order valence-electron chi connectivity index (χ0n) is 17.9. The molecule has 0 aliphatic heterocycles. The second-order valence-corrected chi connectivity index (χ2v) is 7.96. The van der Waals surface area contributed by atoms with E-state index in [1.807, 2.05) is 18.2 Å². The van der Waals surface area contributed by atoms with Crippen molar-refractivity contribution in [3.05, 3.63) is 108 Å². The van der Waals surface area contributed by atoms with Crippen molar-refractivity contribution >= 4 is 27.7 Å². The lowest BCUT2D eigenvalue weighted by Gasteiger charge is -2.13. The number of hydrogen-bond donors (Lipinski definition) is 1. The van der Waals surface area contributed by atoms with Gasteiger partial charge in [0.05, 0.1) is 12.1 Å². The second kappa shape index (κ2) is 8.33. The summed E-state index contributed by atoms with van der Waals surface area (Å²) in [7, 11) is 1.70. The number of fused-ring (bicyclic) bond motifs is 3. The van der Waals surface area contributed by atoms with E-state index in [4.69, 9.17) is 10.5 Å². The van der Waals surface area contributed by atoms with Crippen LogP contribution in [0.5, 0.6) is 0 Å². The highest BCUT2D eigenvalue weighted by Crippen LogP contribution is 2.34. The zero-order valence-corrected chi connectivity index (χ0v) is 17.9. The normalized spacial score (nSPS) is 11.3. The van der Waals surface area contributed by atoms with Crippen LogP contribution in [-0.2, 0) is 17.9 Å². The van der Waals surface area contributed by atoms with E-state index in [-0.39, 0.29) is 0 Å². The molecular formula is C28H24N2O2. The van der Waals surface area contributed by atoms with Crippen LogP contribution in [0.1, 0.15) is 21.5 Å². The first-order chi connectivity index (χ1) is 15.7. The summed E-state index contributed by atoms with van der Waals surface area (Å²) < 4.78 is 7.64. The first-order valence-electron chi connectivity index (χ1n) is 10.6. The summed E-state index contributed by atoms with van der Waals surface area (Å²) in [5.74, 6) is -0.416. The van der Waals surface area contributed by atoms with Crippen LogP contribution in [0.25, 0.3) is 32.9 Å². The molecule has 0 fully saturated rings. The van der Waals surface area contributed by atoms with E-state index in [1.54, 1.807) is 13.2 Å². The molecule has 0 bridgehead atoms. The van der Waals surface area contributed by atoms with Gasteiger partial charge in [-0.05, 0) is 40.5 Å². The molecule has 0 saturated carbocycles. The molecule has 1 amide bonds. The number of aromatic nitrogens is 1. The van der Waals surface area contributed by atoms with Crippen LogP contribution in [0.4, 0.5) is 0 Å². The number of hydrogen-bond acceptors (Lipinski definition) is 2. The maximum absolute atomic E-state index is 12.2. The van der Waals surface area contributed by atoms with Crippen molar-refractivity contribution in [2.24, 2.45) is 5.73 Å². The van der Waals surface area contributed by atoms with Crippen LogP contribution in [-0.4, -0.2) is 17.6 Å². The Morgan fingerprint density at radius 3 is 2.44 bits per heavy atom. The Balaban J connectivity index is 1.76. The van der Waals surface area contributed by atoms with Crippen molar-refractivity contribution in [2.45, 2.75) is 13.2 Å². The SMILES string of the molecule is COCc1ccc2c3c(C(N)=O)cccc3n(Cc3ccccc3-c3ccccc3)c2c1. The van der Waals surface area contributed by atoms with Gasteiger partial charge in [-0.1, -0.05) is 72.8 Å². The number of methoxy groups -OCH3 is 1. The van der Waals surface area contributed by atoms with Gasteiger partial charge in [0.25, 0.3) is 0 Å². The van der Waals surface area contributed by atoms with Gasteiger partial charge < -0.3 is 15.0 Å². The first kappa shape index (κ1) is 20.0. The lowest BCUT2D eigenvalue weighted by Crippen LogP contribution is -2.11. The quantitative estimate of drug-likeness (QED) is 0.380. The molecule has 2 N–H and O–H groups in total. The van der Waals surface area contributed by atoms with Crippen molar-refractivity contribution in [2.75, 3.05) is 7.11 Å². The summed E-state index contributed by atoms with van der Waals surface area (Å²) in [6, 6.07) is 30.9. The molecule has 32 heavy (non-hydrogen) atoms. The van der Waals surface area contributed by atoms with Gasteiger partial charge in [0.2, 0.25) is 5.91 Å². The molecule has 1 aromatic heterocycles. The molecule has 0 aliphatic rings. The van der Waals surface area contributed by atoms with E-state index in [9.17, 15) is 4.79 Å². The van der Waals surface area contributed by atoms with Gasteiger partial charge in [-0.3, -0.25) is 4.79 Å². The number of rotatable bonds is 6. The van der Waals surface area contributed by atoms with E-state index < -0.39 is 5.91 Å². The van der Waals surface area contributed by atoms with Crippen molar-refractivity contribution in [3.8, 4) is 11.1 Å². The molecule has 0 saturated heterocycles. The van der Waals surface area contributed by atoms with Crippen LogP contribution >= 0.6 is 0 Å². The Kier molecular flexibility index (Phi) is 5.21. The Labute approximate surface area is 186 Å². The minimum atomic E-state index is -0.416. The Bertz CT molecular complexity index is 1430. The predicted molar refractivity (Wildman–Crippen MR) is 130 cm³/mol.